The highest BCUT2D eigenvalue weighted by molar-refractivity contribution is 7.90. The van der Waals surface area contributed by atoms with Gasteiger partial charge in [0.1, 0.15) is 6.04 Å². The number of thiophene rings is 1. The highest BCUT2D eigenvalue weighted by atomic mass is 32.2. The molecule has 1 aliphatic heterocycles. The van der Waals surface area contributed by atoms with Crippen molar-refractivity contribution >= 4 is 44.8 Å². The Bertz CT molecular complexity index is 1770. The maximum atomic E-state index is 13.3. The zero-order valence-corrected chi connectivity index (χ0v) is 32.7. The van der Waals surface area contributed by atoms with Gasteiger partial charge < -0.3 is 15.0 Å². The van der Waals surface area contributed by atoms with Crippen molar-refractivity contribution in [3.8, 4) is 11.4 Å². The van der Waals surface area contributed by atoms with E-state index in [-0.39, 0.29) is 11.8 Å². The fourth-order valence-electron chi connectivity index (χ4n) is 7.42. The highest BCUT2D eigenvalue weighted by Crippen LogP contribution is 2.39. The summed E-state index contributed by atoms with van der Waals surface area (Å²) in [7, 11) is -3.30. The zero-order valence-electron chi connectivity index (χ0n) is 31.0. The number of anilines is 1. The predicted molar refractivity (Wildman–Crippen MR) is 205 cm³/mol. The van der Waals surface area contributed by atoms with Crippen LogP contribution < -0.4 is 14.9 Å². The number of benzene rings is 1. The minimum absolute atomic E-state index is 0.000964. The molecule has 1 saturated carbocycles. The lowest BCUT2D eigenvalue weighted by Crippen LogP contribution is -2.50. The normalized spacial score (nSPS) is 19.1. The number of rotatable bonds is 13. The first kappa shape index (κ1) is 39.4. The molecule has 1 aromatic carbocycles. The monoisotopic (exact) mass is 751 g/mol. The zero-order chi connectivity index (χ0) is 37.5. The van der Waals surface area contributed by atoms with Gasteiger partial charge in [-0.3, -0.25) is 19.1 Å². The Kier molecular flexibility index (Phi) is 13.1. The third-order valence-corrected chi connectivity index (χ3v) is 13.1. The fraction of sp³-hybridized carbons (Fsp3) is 0.564. The molecule has 1 atom stereocenters. The maximum absolute atomic E-state index is 13.3. The number of esters is 1. The van der Waals surface area contributed by atoms with Gasteiger partial charge in [0, 0.05) is 30.0 Å². The first-order valence-corrected chi connectivity index (χ1v) is 20.9. The average molecular weight is 752 g/mol. The summed E-state index contributed by atoms with van der Waals surface area (Å²) in [6, 6.07) is 9.57. The van der Waals surface area contributed by atoms with Gasteiger partial charge >= 0.3 is 5.97 Å². The molecule has 0 spiro atoms. The Morgan fingerprint density at radius 1 is 0.942 bits per heavy atom. The Balaban J connectivity index is 1.21. The molecule has 3 heterocycles. The number of nitrogens with one attached hydrogen (secondary N) is 2. The van der Waals surface area contributed by atoms with Gasteiger partial charge in [0.05, 0.1) is 30.1 Å². The van der Waals surface area contributed by atoms with Crippen LogP contribution in [0.25, 0.3) is 11.4 Å². The van der Waals surface area contributed by atoms with Crippen molar-refractivity contribution in [2.24, 2.45) is 17.8 Å². The van der Waals surface area contributed by atoms with Gasteiger partial charge in [-0.05, 0) is 66.5 Å². The summed E-state index contributed by atoms with van der Waals surface area (Å²) >= 11 is 1.31. The number of hydrogen-bond acceptors (Lipinski definition) is 10. The second kappa shape index (κ2) is 17.3. The quantitative estimate of drug-likeness (QED) is 0.193. The van der Waals surface area contributed by atoms with Crippen LogP contribution in [-0.4, -0.2) is 68.2 Å². The smallest absolute Gasteiger partial charge is 0.322 e. The third-order valence-electron chi connectivity index (χ3n) is 10.4. The molecule has 2 aromatic heterocycles. The van der Waals surface area contributed by atoms with Crippen LogP contribution in [0, 0.1) is 17.8 Å². The van der Waals surface area contributed by atoms with E-state index in [4.69, 9.17) is 0 Å². The summed E-state index contributed by atoms with van der Waals surface area (Å²) in [5.41, 5.74) is 2.32. The molecule has 1 saturated heterocycles. The van der Waals surface area contributed by atoms with Crippen LogP contribution in [0.5, 0.6) is 0 Å². The van der Waals surface area contributed by atoms with Crippen molar-refractivity contribution in [3.05, 3.63) is 64.1 Å². The number of carbonyl (C=O) groups excluding carboxylic acids is 3. The summed E-state index contributed by atoms with van der Waals surface area (Å²) in [6.45, 7) is 10.5. The molecular weight excluding hydrogens is 699 g/mol. The second-order valence-corrected chi connectivity index (χ2v) is 18.1. The van der Waals surface area contributed by atoms with Crippen molar-refractivity contribution < 1.29 is 27.5 Å². The number of carbonyl (C=O) groups is 3. The van der Waals surface area contributed by atoms with E-state index in [1.807, 2.05) is 56.1 Å². The van der Waals surface area contributed by atoms with E-state index >= 15 is 0 Å². The molecule has 0 bridgehead atoms. The SMILES string of the molecule is CCCC1CCC(C2CCN(c3cnc(-c4ccc(CC(NC(=O)c5ccc(C(C)(C)C)s5)C(=O)NS(=O)(=O)CC(=O)OC)cc4)nc3)CC2)CC1. The molecule has 2 aliphatic rings. The second-order valence-electron chi connectivity index (χ2n) is 15.3. The lowest BCUT2D eigenvalue weighted by molar-refractivity contribution is -0.137. The average Bonchev–Trinajstić information content (AvgIpc) is 3.64. The molecular formula is C39H53N5O6S2. The minimum atomic E-state index is -4.35. The Labute approximate surface area is 312 Å². The fourth-order valence-corrected chi connectivity index (χ4v) is 9.34. The van der Waals surface area contributed by atoms with Crippen molar-refractivity contribution in [1.29, 1.82) is 0 Å². The number of methoxy groups -OCH3 is 1. The van der Waals surface area contributed by atoms with Crippen LogP contribution in [0.15, 0.2) is 48.8 Å². The molecule has 2 N–H and O–H groups in total. The summed E-state index contributed by atoms with van der Waals surface area (Å²) in [5.74, 6) is -0.307. The van der Waals surface area contributed by atoms with Crippen LogP contribution in [0.2, 0.25) is 0 Å². The van der Waals surface area contributed by atoms with E-state index in [0.717, 1.165) is 54.1 Å². The molecule has 13 heteroatoms. The molecule has 3 aromatic rings. The summed E-state index contributed by atoms with van der Waals surface area (Å²) in [6.07, 6.45) is 14.5. The van der Waals surface area contributed by atoms with Gasteiger partial charge in [0.15, 0.2) is 11.6 Å². The number of ether oxygens (including phenoxy) is 1. The van der Waals surface area contributed by atoms with Crippen molar-refractivity contribution in [1.82, 2.24) is 20.0 Å². The lowest BCUT2D eigenvalue weighted by atomic mass is 9.72. The van der Waals surface area contributed by atoms with Crippen LogP contribution in [-0.2, 0) is 36.2 Å². The molecule has 52 heavy (non-hydrogen) atoms. The number of aromatic nitrogens is 2. The largest absolute Gasteiger partial charge is 0.468 e. The number of sulfonamides is 1. The first-order chi connectivity index (χ1) is 24.7. The molecule has 1 unspecified atom stereocenters. The standard InChI is InChI=1S/C39H53N5O6S2/c1-6-7-26-8-12-28(13-9-26)29-18-20-44(21-19-29)31-23-40-36(41-24-31)30-14-10-27(11-15-30)22-32(37(46)43-52(48,49)25-35(45)50-5)42-38(47)33-16-17-34(51-33)39(2,3)4/h10-11,14-17,23-24,26,28-29,32H,6-9,12-13,18-22,25H2,1-5H3,(H,42,47)(H,43,46). The van der Waals surface area contributed by atoms with E-state index in [9.17, 15) is 22.8 Å². The third kappa shape index (κ3) is 10.6. The number of piperidine rings is 1. The minimum Gasteiger partial charge on any atom is -0.468 e. The molecule has 2 amide bonds. The van der Waals surface area contributed by atoms with E-state index in [1.165, 1.54) is 62.7 Å². The Morgan fingerprint density at radius 2 is 1.58 bits per heavy atom. The molecule has 11 nitrogen and oxygen atoms in total. The van der Waals surface area contributed by atoms with Crippen molar-refractivity contribution in [2.75, 3.05) is 30.9 Å². The van der Waals surface area contributed by atoms with Gasteiger partial charge in [-0.25, -0.2) is 18.4 Å². The van der Waals surface area contributed by atoms with Gasteiger partial charge in [-0.15, -0.1) is 11.3 Å². The topological polar surface area (TPSA) is 148 Å². The van der Waals surface area contributed by atoms with E-state index in [2.05, 4.69) is 31.8 Å². The number of amides is 2. The number of nitrogens with zero attached hydrogens (tertiary/aromatic N) is 3. The summed E-state index contributed by atoms with van der Waals surface area (Å²) < 4.78 is 31.4. The molecule has 282 valence electrons. The Morgan fingerprint density at radius 3 is 2.15 bits per heavy atom. The van der Waals surface area contributed by atoms with Gasteiger partial charge in [0.25, 0.3) is 11.8 Å². The van der Waals surface area contributed by atoms with Crippen LogP contribution in [0.4, 0.5) is 5.69 Å². The molecule has 1 aliphatic carbocycles. The van der Waals surface area contributed by atoms with E-state index in [1.54, 1.807) is 18.2 Å². The van der Waals surface area contributed by atoms with Gasteiger partial charge in [-0.2, -0.15) is 0 Å². The summed E-state index contributed by atoms with van der Waals surface area (Å²) in [4.78, 5) is 51.2. The first-order valence-electron chi connectivity index (χ1n) is 18.4. The van der Waals surface area contributed by atoms with Crippen molar-refractivity contribution in [3.63, 3.8) is 0 Å². The van der Waals surface area contributed by atoms with E-state index < -0.39 is 39.6 Å². The lowest BCUT2D eigenvalue weighted by Gasteiger charge is -2.39. The van der Waals surface area contributed by atoms with Gasteiger partial charge in [0.2, 0.25) is 10.0 Å². The summed E-state index contributed by atoms with van der Waals surface area (Å²) in [5, 5.41) is 2.70. The maximum Gasteiger partial charge on any atom is 0.322 e. The van der Waals surface area contributed by atoms with Crippen LogP contribution >= 0.6 is 11.3 Å². The Hall–Kier alpha value is -3.84. The molecule has 5 rings (SSSR count). The van der Waals surface area contributed by atoms with E-state index in [0.29, 0.717) is 16.3 Å². The van der Waals surface area contributed by atoms with Crippen molar-refractivity contribution in [2.45, 2.75) is 96.9 Å². The molecule has 2 fully saturated rings. The van der Waals surface area contributed by atoms with Crippen LogP contribution in [0.1, 0.15) is 99.2 Å². The molecule has 0 radical (unpaired) electrons. The number of hydrogen-bond donors (Lipinski definition) is 2. The predicted octanol–water partition coefficient (Wildman–Crippen LogP) is 6.29. The van der Waals surface area contributed by atoms with Gasteiger partial charge in [-0.1, -0.05) is 77.6 Å². The van der Waals surface area contributed by atoms with Crippen LogP contribution in [0.3, 0.4) is 0 Å². The highest BCUT2D eigenvalue weighted by Gasteiger charge is 2.31.